The Balaban J connectivity index is 1.69. The van der Waals surface area contributed by atoms with Gasteiger partial charge in [0.2, 0.25) is 0 Å². The molecule has 0 bridgehead atoms. The number of nitrogens with one attached hydrogen (secondary N) is 1. The Labute approximate surface area is 132 Å². The van der Waals surface area contributed by atoms with Crippen LogP contribution in [-0.4, -0.2) is 35.1 Å². The fourth-order valence-corrected chi connectivity index (χ4v) is 4.11. The molecule has 2 unspecified atom stereocenters. The van der Waals surface area contributed by atoms with E-state index in [0.717, 1.165) is 26.8 Å². The standard InChI is InChI=1S/C16H19BrN4/c17-10-8-11-12(18)3-4-14(16(11)19-9-10)20-13-5-7-21-6-1-2-15(13)21/h3-4,8-9,13,15,20H,1-2,5-7,18H2. The van der Waals surface area contributed by atoms with Crippen LogP contribution in [0.3, 0.4) is 0 Å². The number of fused-ring (bicyclic) bond motifs is 2. The summed E-state index contributed by atoms with van der Waals surface area (Å²) in [6.07, 6.45) is 5.69. The Morgan fingerprint density at radius 3 is 3.10 bits per heavy atom. The average molecular weight is 347 g/mol. The molecule has 0 amide bonds. The summed E-state index contributed by atoms with van der Waals surface area (Å²) >= 11 is 3.47. The maximum Gasteiger partial charge on any atom is 0.0954 e. The van der Waals surface area contributed by atoms with Crippen molar-refractivity contribution < 1.29 is 0 Å². The highest BCUT2D eigenvalue weighted by Crippen LogP contribution is 2.33. The van der Waals surface area contributed by atoms with Gasteiger partial charge in [-0.2, -0.15) is 0 Å². The highest BCUT2D eigenvalue weighted by Gasteiger charge is 2.37. The summed E-state index contributed by atoms with van der Waals surface area (Å²) in [5.41, 5.74) is 8.94. The Bertz CT molecular complexity index is 687. The molecule has 0 aliphatic carbocycles. The van der Waals surface area contributed by atoms with Crippen LogP contribution < -0.4 is 11.1 Å². The van der Waals surface area contributed by atoms with E-state index >= 15 is 0 Å². The van der Waals surface area contributed by atoms with E-state index in [1.54, 1.807) is 0 Å². The van der Waals surface area contributed by atoms with Crippen LogP contribution in [-0.2, 0) is 0 Å². The van der Waals surface area contributed by atoms with Crippen molar-refractivity contribution in [3.63, 3.8) is 0 Å². The SMILES string of the molecule is Nc1ccc(NC2CCN3CCCC23)c2ncc(Br)cc12. The Morgan fingerprint density at radius 2 is 2.19 bits per heavy atom. The Hall–Kier alpha value is -1.33. The fourth-order valence-electron chi connectivity index (χ4n) is 3.78. The molecular formula is C16H19BrN4. The molecule has 1 aromatic heterocycles. The van der Waals surface area contributed by atoms with E-state index < -0.39 is 0 Å². The zero-order valence-corrected chi connectivity index (χ0v) is 13.4. The topological polar surface area (TPSA) is 54.2 Å². The van der Waals surface area contributed by atoms with Crippen LogP contribution in [0.1, 0.15) is 19.3 Å². The minimum atomic E-state index is 0.532. The van der Waals surface area contributed by atoms with Crippen molar-refractivity contribution >= 4 is 38.2 Å². The monoisotopic (exact) mass is 346 g/mol. The summed E-state index contributed by atoms with van der Waals surface area (Å²) in [5, 5.41) is 4.74. The number of nitrogens with zero attached hydrogens (tertiary/aromatic N) is 2. The molecular weight excluding hydrogens is 328 g/mol. The van der Waals surface area contributed by atoms with Crippen LogP contribution in [0.4, 0.5) is 11.4 Å². The van der Waals surface area contributed by atoms with Gasteiger partial charge in [-0.15, -0.1) is 0 Å². The lowest BCUT2D eigenvalue weighted by molar-refractivity contribution is 0.318. The van der Waals surface area contributed by atoms with Gasteiger partial charge in [0.1, 0.15) is 0 Å². The molecule has 3 heterocycles. The number of hydrogen-bond donors (Lipinski definition) is 2. The average Bonchev–Trinajstić information content (AvgIpc) is 3.07. The van der Waals surface area contributed by atoms with E-state index in [2.05, 4.69) is 37.2 Å². The minimum Gasteiger partial charge on any atom is -0.398 e. The predicted octanol–water partition coefficient (Wildman–Crippen LogP) is 3.23. The lowest BCUT2D eigenvalue weighted by Gasteiger charge is -2.23. The smallest absolute Gasteiger partial charge is 0.0954 e. The molecule has 2 aliphatic heterocycles. The van der Waals surface area contributed by atoms with Crippen molar-refractivity contribution in [3.8, 4) is 0 Å². The molecule has 21 heavy (non-hydrogen) atoms. The molecule has 4 nitrogen and oxygen atoms in total. The van der Waals surface area contributed by atoms with Gasteiger partial charge in [-0.05, 0) is 59.9 Å². The molecule has 4 rings (SSSR count). The van der Waals surface area contributed by atoms with Crippen molar-refractivity contribution in [2.45, 2.75) is 31.3 Å². The maximum atomic E-state index is 6.09. The van der Waals surface area contributed by atoms with Crippen molar-refractivity contribution in [3.05, 3.63) is 28.9 Å². The lowest BCUT2D eigenvalue weighted by Crippen LogP contribution is -2.33. The van der Waals surface area contributed by atoms with Crippen LogP contribution in [0.25, 0.3) is 10.9 Å². The van der Waals surface area contributed by atoms with Crippen molar-refractivity contribution in [1.82, 2.24) is 9.88 Å². The second kappa shape index (κ2) is 5.14. The number of benzene rings is 1. The van der Waals surface area contributed by atoms with Crippen LogP contribution in [0, 0.1) is 0 Å². The number of anilines is 2. The molecule has 0 saturated carbocycles. The number of nitrogen functional groups attached to an aromatic ring is 1. The number of nitrogens with two attached hydrogens (primary N) is 1. The maximum absolute atomic E-state index is 6.09. The first-order valence-corrected chi connectivity index (χ1v) is 8.36. The van der Waals surface area contributed by atoms with Gasteiger partial charge in [-0.1, -0.05) is 0 Å². The molecule has 0 spiro atoms. The summed E-state index contributed by atoms with van der Waals surface area (Å²) < 4.78 is 0.960. The van der Waals surface area contributed by atoms with E-state index in [1.165, 1.54) is 32.4 Å². The van der Waals surface area contributed by atoms with Gasteiger partial charge in [-0.25, -0.2) is 0 Å². The first kappa shape index (κ1) is 13.3. The van der Waals surface area contributed by atoms with Gasteiger partial charge in [0.05, 0.1) is 11.2 Å². The molecule has 5 heteroatoms. The van der Waals surface area contributed by atoms with Crippen LogP contribution >= 0.6 is 15.9 Å². The molecule has 2 aromatic rings. The molecule has 2 saturated heterocycles. The molecule has 2 atom stereocenters. The fraction of sp³-hybridized carbons (Fsp3) is 0.438. The number of pyridine rings is 1. The lowest BCUT2D eigenvalue weighted by atomic mass is 10.1. The number of hydrogen-bond acceptors (Lipinski definition) is 4. The summed E-state index contributed by atoms with van der Waals surface area (Å²) in [7, 11) is 0. The van der Waals surface area contributed by atoms with Crippen molar-refractivity contribution in [1.29, 1.82) is 0 Å². The number of aromatic nitrogens is 1. The third-order valence-corrected chi connectivity index (χ3v) is 5.23. The summed E-state index contributed by atoms with van der Waals surface area (Å²) in [4.78, 5) is 7.18. The summed E-state index contributed by atoms with van der Waals surface area (Å²) in [5.74, 6) is 0. The molecule has 3 N–H and O–H groups in total. The zero-order chi connectivity index (χ0) is 14.4. The minimum absolute atomic E-state index is 0.532. The Kier molecular flexibility index (Phi) is 3.27. The highest BCUT2D eigenvalue weighted by atomic mass is 79.9. The summed E-state index contributed by atoms with van der Waals surface area (Å²) in [6.45, 7) is 2.48. The van der Waals surface area contributed by atoms with Gasteiger partial charge < -0.3 is 11.1 Å². The second-order valence-electron chi connectivity index (χ2n) is 6.04. The van der Waals surface area contributed by atoms with Gasteiger partial charge >= 0.3 is 0 Å². The van der Waals surface area contributed by atoms with Gasteiger partial charge in [-0.3, -0.25) is 9.88 Å². The first-order valence-electron chi connectivity index (χ1n) is 7.57. The molecule has 1 aromatic carbocycles. The van der Waals surface area contributed by atoms with Gasteiger partial charge in [0.15, 0.2) is 0 Å². The third kappa shape index (κ3) is 2.28. The van der Waals surface area contributed by atoms with Crippen molar-refractivity contribution in [2.24, 2.45) is 0 Å². The second-order valence-corrected chi connectivity index (χ2v) is 6.95. The van der Waals surface area contributed by atoms with Crippen LogP contribution in [0.2, 0.25) is 0 Å². The molecule has 0 radical (unpaired) electrons. The predicted molar refractivity (Wildman–Crippen MR) is 90.5 cm³/mol. The van der Waals surface area contributed by atoms with E-state index in [1.807, 2.05) is 18.3 Å². The first-order chi connectivity index (χ1) is 10.2. The van der Waals surface area contributed by atoms with Crippen molar-refractivity contribution in [2.75, 3.05) is 24.1 Å². The van der Waals surface area contributed by atoms with Crippen LogP contribution in [0.15, 0.2) is 28.9 Å². The van der Waals surface area contributed by atoms with E-state index in [9.17, 15) is 0 Å². The molecule has 2 aliphatic rings. The number of rotatable bonds is 2. The quantitative estimate of drug-likeness (QED) is 0.819. The van der Waals surface area contributed by atoms with Gasteiger partial charge in [0, 0.05) is 40.4 Å². The summed E-state index contributed by atoms with van der Waals surface area (Å²) in [6, 6.07) is 7.30. The van der Waals surface area contributed by atoms with E-state index in [4.69, 9.17) is 5.73 Å². The van der Waals surface area contributed by atoms with E-state index in [-0.39, 0.29) is 0 Å². The van der Waals surface area contributed by atoms with Crippen LogP contribution in [0.5, 0.6) is 0 Å². The Morgan fingerprint density at radius 1 is 1.29 bits per heavy atom. The molecule has 2 fully saturated rings. The highest BCUT2D eigenvalue weighted by molar-refractivity contribution is 9.10. The number of halogens is 1. The normalized spacial score (nSPS) is 25.4. The van der Waals surface area contributed by atoms with E-state index in [0.29, 0.717) is 12.1 Å². The van der Waals surface area contributed by atoms with Gasteiger partial charge in [0.25, 0.3) is 0 Å². The third-order valence-electron chi connectivity index (χ3n) is 4.80. The largest absolute Gasteiger partial charge is 0.398 e. The molecule has 110 valence electrons. The zero-order valence-electron chi connectivity index (χ0n) is 11.8.